The molecule has 0 bridgehead atoms. The van der Waals surface area contributed by atoms with Crippen molar-refractivity contribution in [1.82, 2.24) is 9.97 Å². The minimum Gasteiger partial charge on any atom is -0.370 e. The van der Waals surface area contributed by atoms with Gasteiger partial charge in [0.25, 0.3) is 0 Å². The Labute approximate surface area is 114 Å². The smallest absolute Gasteiger partial charge is 0.135 e. The van der Waals surface area contributed by atoms with E-state index in [1.165, 1.54) is 32.1 Å². The topological polar surface area (TPSA) is 37.8 Å². The Morgan fingerprint density at radius 2 is 2.06 bits per heavy atom. The molecular weight excluding hydrogens is 246 g/mol. The zero-order valence-electron chi connectivity index (χ0n) is 11.2. The van der Waals surface area contributed by atoms with Crippen LogP contribution >= 0.6 is 11.6 Å². The van der Waals surface area contributed by atoms with Gasteiger partial charge in [-0.05, 0) is 12.3 Å². The number of hydrogen-bond acceptors (Lipinski definition) is 3. The first-order chi connectivity index (χ1) is 8.65. The van der Waals surface area contributed by atoms with Gasteiger partial charge in [-0.25, -0.2) is 9.97 Å². The first kappa shape index (κ1) is 13.6. The molecule has 1 heterocycles. The van der Waals surface area contributed by atoms with Gasteiger partial charge in [0.1, 0.15) is 16.8 Å². The van der Waals surface area contributed by atoms with E-state index in [1.54, 1.807) is 0 Å². The largest absolute Gasteiger partial charge is 0.370 e. The fourth-order valence-electron chi connectivity index (χ4n) is 2.49. The molecule has 1 aromatic rings. The van der Waals surface area contributed by atoms with Crippen LogP contribution in [0.15, 0.2) is 6.07 Å². The number of anilines is 1. The van der Waals surface area contributed by atoms with Crippen molar-refractivity contribution >= 4 is 17.4 Å². The fourth-order valence-corrected chi connectivity index (χ4v) is 2.68. The van der Waals surface area contributed by atoms with E-state index in [4.69, 9.17) is 11.6 Å². The van der Waals surface area contributed by atoms with Crippen molar-refractivity contribution < 1.29 is 0 Å². The molecule has 4 heteroatoms. The second kappa shape index (κ2) is 6.37. The van der Waals surface area contributed by atoms with Gasteiger partial charge in [0.15, 0.2) is 0 Å². The minimum absolute atomic E-state index is 0.305. The lowest BCUT2D eigenvalue weighted by molar-refractivity contribution is 0.518. The van der Waals surface area contributed by atoms with E-state index < -0.39 is 0 Å². The van der Waals surface area contributed by atoms with Gasteiger partial charge in [0.2, 0.25) is 0 Å². The van der Waals surface area contributed by atoms with Crippen LogP contribution in [-0.2, 0) is 0 Å². The average molecular weight is 268 g/mol. The molecule has 0 atom stereocenters. The lowest BCUT2D eigenvalue weighted by atomic mass is 10.0. The molecule has 2 rings (SSSR count). The lowest BCUT2D eigenvalue weighted by Crippen LogP contribution is -2.09. The van der Waals surface area contributed by atoms with Gasteiger partial charge in [-0.2, -0.15) is 0 Å². The number of rotatable bonds is 5. The molecule has 100 valence electrons. The molecule has 1 aromatic heterocycles. The maximum atomic E-state index is 6.01. The number of hydrogen-bond donors (Lipinski definition) is 1. The van der Waals surface area contributed by atoms with Crippen LogP contribution in [0.3, 0.4) is 0 Å². The van der Waals surface area contributed by atoms with Crippen molar-refractivity contribution in [3.63, 3.8) is 0 Å². The molecular formula is C14H22ClN3. The molecule has 0 unspecified atom stereocenters. The van der Waals surface area contributed by atoms with E-state index >= 15 is 0 Å². The molecule has 1 saturated carbocycles. The second-order valence-electron chi connectivity index (χ2n) is 5.45. The molecule has 0 aromatic carbocycles. The molecule has 1 N–H and O–H groups in total. The highest BCUT2D eigenvalue weighted by Crippen LogP contribution is 2.27. The summed E-state index contributed by atoms with van der Waals surface area (Å²) in [6.07, 6.45) is 6.83. The molecule has 1 aliphatic carbocycles. The Kier molecular flexibility index (Phi) is 4.81. The highest BCUT2D eigenvalue weighted by Gasteiger charge is 2.14. The normalized spacial score (nSPS) is 16.4. The summed E-state index contributed by atoms with van der Waals surface area (Å²) < 4.78 is 0. The van der Waals surface area contributed by atoms with Crippen LogP contribution in [0, 0.1) is 5.92 Å². The summed E-state index contributed by atoms with van der Waals surface area (Å²) in [4.78, 5) is 8.72. The molecule has 1 aliphatic rings. The summed E-state index contributed by atoms with van der Waals surface area (Å²) in [5.74, 6) is 2.88. The molecule has 0 amide bonds. The van der Waals surface area contributed by atoms with Crippen LogP contribution in [0.1, 0.15) is 57.7 Å². The van der Waals surface area contributed by atoms with Crippen LogP contribution < -0.4 is 5.32 Å². The van der Waals surface area contributed by atoms with Crippen molar-refractivity contribution in [2.45, 2.75) is 51.9 Å². The summed E-state index contributed by atoms with van der Waals surface area (Å²) in [5, 5.41) is 3.90. The van der Waals surface area contributed by atoms with Crippen LogP contribution in [0.25, 0.3) is 0 Å². The molecule has 18 heavy (non-hydrogen) atoms. The second-order valence-corrected chi connectivity index (χ2v) is 5.84. The van der Waals surface area contributed by atoms with Gasteiger partial charge in [-0.3, -0.25) is 0 Å². The van der Waals surface area contributed by atoms with E-state index in [1.807, 2.05) is 6.07 Å². The van der Waals surface area contributed by atoms with Crippen molar-refractivity contribution in [2.24, 2.45) is 5.92 Å². The third kappa shape index (κ3) is 3.84. The van der Waals surface area contributed by atoms with E-state index in [0.29, 0.717) is 11.1 Å². The summed E-state index contributed by atoms with van der Waals surface area (Å²) in [5.41, 5.74) is 0. The molecule has 1 fully saturated rings. The molecule has 0 spiro atoms. The van der Waals surface area contributed by atoms with Gasteiger partial charge in [-0.1, -0.05) is 51.1 Å². The zero-order chi connectivity index (χ0) is 13.0. The van der Waals surface area contributed by atoms with Gasteiger partial charge in [0, 0.05) is 18.5 Å². The summed E-state index contributed by atoms with van der Waals surface area (Å²) in [6.45, 7) is 5.14. The quantitative estimate of drug-likeness (QED) is 0.811. The maximum Gasteiger partial charge on any atom is 0.135 e. The Hall–Kier alpha value is -0.830. The average Bonchev–Trinajstić information content (AvgIpc) is 2.81. The van der Waals surface area contributed by atoms with Crippen molar-refractivity contribution in [3.8, 4) is 0 Å². The van der Waals surface area contributed by atoms with Crippen LogP contribution in [0.2, 0.25) is 5.15 Å². The Morgan fingerprint density at radius 1 is 1.33 bits per heavy atom. The molecule has 0 radical (unpaired) electrons. The molecule has 0 aliphatic heterocycles. The third-order valence-electron chi connectivity index (χ3n) is 3.56. The van der Waals surface area contributed by atoms with Gasteiger partial charge >= 0.3 is 0 Å². The Balaban J connectivity index is 1.88. The van der Waals surface area contributed by atoms with E-state index in [0.717, 1.165) is 24.1 Å². The standard InChI is InChI=1S/C14H22ClN3/c1-10(2)14-17-12(15)9-13(18-14)16-8-7-11-5-3-4-6-11/h9-11H,3-8H2,1-2H3,(H,16,17,18). The van der Waals surface area contributed by atoms with Crippen LogP contribution in [-0.4, -0.2) is 16.5 Å². The summed E-state index contributed by atoms with van der Waals surface area (Å²) in [6, 6.07) is 1.81. The highest BCUT2D eigenvalue weighted by molar-refractivity contribution is 6.29. The van der Waals surface area contributed by atoms with E-state index in [9.17, 15) is 0 Å². The monoisotopic (exact) mass is 267 g/mol. The number of nitrogens with zero attached hydrogens (tertiary/aromatic N) is 2. The minimum atomic E-state index is 0.305. The summed E-state index contributed by atoms with van der Waals surface area (Å²) >= 11 is 6.01. The van der Waals surface area contributed by atoms with Crippen LogP contribution in [0.5, 0.6) is 0 Å². The van der Waals surface area contributed by atoms with Crippen molar-refractivity contribution in [3.05, 3.63) is 17.0 Å². The number of halogens is 1. The SMILES string of the molecule is CC(C)c1nc(Cl)cc(NCCC2CCCC2)n1. The van der Waals surface area contributed by atoms with Gasteiger partial charge < -0.3 is 5.32 Å². The highest BCUT2D eigenvalue weighted by atomic mass is 35.5. The van der Waals surface area contributed by atoms with E-state index in [2.05, 4.69) is 29.1 Å². The number of nitrogens with one attached hydrogen (secondary N) is 1. The van der Waals surface area contributed by atoms with Gasteiger partial charge in [-0.15, -0.1) is 0 Å². The first-order valence-electron chi connectivity index (χ1n) is 6.93. The van der Waals surface area contributed by atoms with E-state index in [-0.39, 0.29) is 0 Å². The lowest BCUT2D eigenvalue weighted by Gasteiger charge is -2.12. The number of aromatic nitrogens is 2. The molecule has 0 saturated heterocycles. The van der Waals surface area contributed by atoms with Crippen LogP contribution in [0.4, 0.5) is 5.82 Å². The zero-order valence-corrected chi connectivity index (χ0v) is 12.0. The Morgan fingerprint density at radius 3 is 2.72 bits per heavy atom. The molecule has 3 nitrogen and oxygen atoms in total. The first-order valence-corrected chi connectivity index (χ1v) is 7.31. The van der Waals surface area contributed by atoms with Crippen molar-refractivity contribution in [1.29, 1.82) is 0 Å². The Bertz CT molecular complexity index is 387. The maximum absolute atomic E-state index is 6.01. The van der Waals surface area contributed by atoms with Crippen molar-refractivity contribution in [2.75, 3.05) is 11.9 Å². The summed E-state index contributed by atoms with van der Waals surface area (Å²) in [7, 11) is 0. The predicted molar refractivity (Wildman–Crippen MR) is 76.2 cm³/mol. The fraction of sp³-hybridized carbons (Fsp3) is 0.714. The predicted octanol–water partition coefficient (Wildman–Crippen LogP) is 4.25. The third-order valence-corrected chi connectivity index (χ3v) is 3.76. The van der Waals surface area contributed by atoms with Gasteiger partial charge in [0.05, 0.1) is 0 Å².